The highest BCUT2D eigenvalue weighted by Gasteiger charge is 2.12. The zero-order chi connectivity index (χ0) is 17.5. The summed E-state index contributed by atoms with van der Waals surface area (Å²) in [5.41, 5.74) is 1.52. The Balaban J connectivity index is 2.31. The lowest BCUT2D eigenvalue weighted by Gasteiger charge is -2.14. The lowest BCUT2D eigenvalue weighted by Crippen LogP contribution is -1.99. The molecule has 0 atom stereocenters. The molecule has 2 aromatic rings. The van der Waals surface area contributed by atoms with Crippen molar-refractivity contribution in [2.45, 2.75) is 6.61 Å². The summed E-state index contributed by atoms with van der Waals surface area (Å²) in [5.74, 6) is 1.00. The predicted molar refractivity (Wildman–Crippen MR) is 95.7 cm³/mol. The van der Waals surface area contributed by atoms with Crippen LogP contribution in [-0.2, 0) is 6.61 Å². The number of methoxy groups -OCH3 is 1. The molecule has 4 nitrogen and oxygen atoms in total. The van der Waals surface area contributed by atoms with Crippen LogP contribution in [0.1, 0.15) is 11.1 Å². The number of hydrogen-bond donors (Lipinski definition) is 0. The highest BCUT2D eigenvalue weighted by Crippen LogP contribution is 2.38. The van der Waals surface area contributed by atoms with Gasteiger partial charge in [-0.05, 0) is 45.8 Å². The van der Waals surface area contributed by atoms with E-state index in [1.165, 1.54) is 13.2 Å². The summed E-state index contributed by atoms with van der Waals surface area (Å²) in [6.07, 6.45) is 1.48. The number of ether oxygens (including phenoxy) is 2. The van der Waals surface area contributed by atoms with E-state index in [2.05, 4.69) is 15.9 Å². The number of allylic oxidation sites excluding steroid dienone is 1. The minimum atomic E-state index is 0.00805. The molecule has 0 heterocycles. The Morgan fingerprint density at radius 2 is 1.96 bits per heavy atom. The first-order chi connectivity index (χ1) is 11.6. The van der Waals surface area contributed by atoms with Crippen LogP contribution in [0.25, 0.3) is 6.08 Å². The standard InChI is InChI=1S/C18H12BrClN2O2/c1-23-17-8-12(6-13(9-21)10-22)7-15(19)18(17)24-11-14-4-2-3-5-16(14)20/h2-8H,11H2,1H3. The van der Waals surface area contributed by atoms with Crippen molar-refractivity contribution < 1.29 is 9.47 Å². The average molecular weight is 404 g/mol. The minimum absolute atomic E-state index is 0.00805. The van der Waals surface area contributed by atoms with Gasteiger partial charge in [0.1, 0.15) is 24.3 Å². The molecule has 0 amide bonds. The molecule has 0 fully saturated rings. The van der Waals surface area contributed by atoms with Crippen LogP contribution in [0.2, 0.25) is 5.02 Å². The van der Waals surface area contributed by atoms with Crippen molar-refractivity contribution in [3.63, 3.8) is 0 Å². The van der Waals surface area contributed by atoms with Crippen LogP contribution in [0.15, 0.2) is 46.4 Å². The Kier molecular flexibility index (Phi) is 6.26. The molecule has 0 radical (unpaired) electrons. The Morgan fingerprint density at radius 1 is 1.25 bits per heavy atom. The summed E-state index contributed by atoms with van der Waals surface area (Å²) in [4.78, 5) is 0. The van der Waals surface area contributed by atoms with Gasteiger partial charge in [0, 0.05) is 10.6 Å². The first-order valence-electron chi connectivity index (χ1n) is 6.84. The van der Waals surface area contributed by atoms with Crippen molar-refractivity contribution in [2.75, 3.05) is 7.11 Å². The lowest BCUT2D eigenvalue weighted by atomic mass is 10.1. The number of rotatable bonds is 5. The largest absolute Gasteiger partial charge is 0.493 e. The van der Waals surface area contributed by atoms with E-state index in [0.29, 0.717) is 26.6 Å². The Morgan fingerprint density at radius 3 is 2.58 bits per heavy atom. The van der Waals surface area contributed by atoms with Crippen molar-refractivity contribution in [3.8, 4) is 23.6 Å². The zero-order valence-electron chi connectivity index (χ0n) is 12.7. The summed E-state index contributed by atoms with van der Waals surface area (Å²) in [6, 6.07) is 14.5. The van der Waals surface area contributed by atoms with Crippen molar-refractivity contribution in [2.24, 2.45) is 0 Å². The highest BCUT2D eigenvalue weighted by atomic mass is 79.9. The van der Waals surface area contributed by atoms with E-state index in [9.17, 15) is 0 Å². The van der Waals surface area contributed by atoms with Crippen LogP contribution in [0.4, 0.5) is 0 Å². The van der Waals surface area contributed by atoms with Gasteiger partial charge < -0.3 is 9.47 Å². The van der Waals surface area contributed by atoms with Gasteiger partial charge in [-0.3, -0.25) is 0 Å². The molecule has 0 unspecified atom stereocenters. The molecule has 2 aromatic carbocycles. The van der Waals surface area contributed by atoms with E-state index < -0.39 is 0 Å². The maximum Gasteiger partial charge on any atom is 0.175 e. The topological polar surface area (TPSA) is 66.0 Å². The van der Waals surface area contributed by atoms with Crippen molar-refractivity contribution >= 4 is 33.6 Å². The Bertz CT molecular complexity index is 850. The molecule has 0 spiro atoms. The molecular formula is C18H12BrClN2O2. The van der Waals surface area contributed by atoms with Crippen LogP contribution in [0.3, 0.4) is 0 Å². The first kappa shape index (κ1) is 17.9. The van der Waals surface area contributed by atoms with E-state index in [0.717, 1.165) is 5.56 Å². The number of nitrogens with zero attached hydrogens (tertiary/aromatic N) is 2. The predicted octanol–water partition coefficient (Wildman–Crippen LogP) is 5.12. The summed E-state index contributed by atoms with van der Waals surface area (Å²) in [6.45, 7) is 0.283. The SMILES string of the molecule is COc1cc(C=C(C#N)C#N)cc(Br)c1OCc1ccccc1Cl. The van der Waals surface area contributed by atoms with Gasteiger partial charge in [-0.2, -0.15) is 10.5 Å². The third-order valence-electron chi connectivity index (χ3n) is 3.13. The van der Waals surface area contributed by atoms with Gasteiger partial charge >= 0.3 is 0 Å². The maximum absolute atomic E-state index is 8.85. The van der Waals surface area contributed by atoms with E-state index in [-0.39, 0.29) is 12.2 Å². The Labute approximate surface area is 153 Å². The maximum atomic E-state index is 8.85. The molecule has 0 saturated heterocycles. The van der Waals surface area contributed by atoms with Gasteiger partial charge in [0.25, 0.3) is 0 Å². The van der Waals surface area contributed by atoms with Crippen LogP contribution in [0.5, 0.6) is 11.5 Å². The van der Waals surface area contributed by atoms with E-state index in [1.807, 2.05) is 30.3 Å². The summed E-state index contributed by atoms with van der Waals surface area (Å²) in [5, 5.41) is 18.3. The van der Waals surface area contributed by atoms with Gasteiger partial charge in [0.05, 0.1) is 11.6 Å². The molecule has 0 aromatic heterocycles. The summed E-state index contributed by atoms with van der Waals surface area (Å²) in [7, 11) is 1.52. The molecule has 24 heavy (non-hydrogen) atoms. The van der Waals surface area contributed by atoms with E-state index in [4.69, 9.17) is 31.6 Å². The Hall–Kier alpha value is -2.47. The molecule has 2 rings (SSSR count). The molecule has 120 valence electrons. The van der Waals surface area contributed by atoms with Crippen LogP contribution in [0, 0.1) is 22.7 Å². The molecule has 0 aliphatic rings. The van der Waals surface area contributed by atoms with E-state index >= 15 is 0 Å². The number of nitriles is 2. The van der Waals surface area contributed by atoms with Crippen molar-refractivity contribution in [1.82, 2.24) is 0 Å². The third-order valence-corrected chi connectivity index (χ3v) is 4.09. The molecule has 6 heteroatoms. The second-order valence-electron chi connectivity index (χ2n) is 4.70. The number of halogens is 2. The molecular weight excluding hydrogens is 392 g/mol. The average Bonchev–Trinajstić information content (AvgIpc) is 2.59. The second kappa shape index (κ2) is 8.40. The molecule has 0 aliphatic carbocycles. The van der Waals surface area contributed by atoms with Crippen molar-refractivity contribution in [1.29, 1.82) is 10.5 Å². The van der Waals surface area contributed by atoms with Crippen molar-refractivity contribution in [3.05, 3.63) is 62.6 Å². The molecule has 0 aliphatic heterocycles. The fourth-order valence-electron chi connectivity index (χ4n) is 1.98. The summed E-state index contributed by atoms with van der Waals surface area (Å²) >= 11 is 9.56. The van der Waals surface area contributed by atoms with Gasteiger partial charge in [-0.15, -0.1) is 0 Å². The molecule has 0 saturated carbocycles. The van der Waals surface area contributed by atoms with Gasteiger partial charge in [0.15, 0.2) is 11.5 Å². The van der Waals surface area contributed by atoms with Gasteiger partial charge in [0.2, 0.25) is 0 Å². The summed E-state index contributed by atoms with van der Waals surface area (Å²) < 4.78 is 11.8. The second-order valence-corrected chi connectivity index (χ2v) is 5.96. The van der Waals surface area contributed by atoms with Gasteiger partial charge in [-0.25, -0.2) is 0 Å². The van der Waals surface area contributed by atoms with Crippen LogP contribution < -0.4 is 9.47 Å². The quantitative estimate of drug-likeness (QED) is 0.650. The highest BCUT2D eigenvalue weighted by molar-refractivity contribution is 9.10. The fraction of sp³-hybridized carbons (Fsp3) is 0.111. The first-order valence-corrected chi connectivity index (χ1v) is 8.01. The lowest BCUT2D eigenvalue weighted by molar-refractivity contribution is 0.282. The smallest absolute Gasteiger partial charge is 0.175 e. The number of benzene rings is 2. The normalized spacial score (nSPS) is 9.54. The van der Waals surface area contributed by atoms with E-state index in [1.54, 1.807) is 18.2 Å². The third kappa shape index (κ3) is 4.29. The fourth-order valence-corrected chi connectivity index (χ4v) is 2.75. The molecule has 0 N–H and O–H groups in total. The minimum Gasteiger partial charge on any atom is -0.493 e. The number of hydrogen-bond acceptors (Lipinski definition) is 4. The zero-order valence-corrected chi connectivity index (χ0v) is 15.1. The van der Waals surface area contributed by atoms with Gasteiger partial charge in [-0.1, -0.05) is 29.8 Å². The van der Waals surface area contributed by atoms with Crippen LogP contribution >= 0.6 is 27.5 Å². The molecule has 0 bridgehead atoms. The van der Waals surface area contributed by atoms with Crippen LogP contribution in [-0.4, -0.2) is 7.11 Å². The monoisotopic (exact) mass is 402 g/mol.